The fourth-order valence-electron chi connectivity index (χ4n) is 5.04. The predicted molar refractivity (Wildman–Crippen MR) is 154 cm³/mol. The van der Waals surface area contributed by atoms with Crippen molar-refractivity contribution in [1.82, 2.24) is 20.2 Å². The van der Waals surface area contributed by atoms with Crippen LogP contribution in [0.2, 0.25) is 0 Å². The monoisotopic (exact) mass is 527 g/mol. The number of H-pyrrole nitrogens is 1. The van der Waals surface area contributed by atoms with Gasteiger partial charge in [0.25, 0.3) is 0 Å². The number of aromatic nitrogens is 4. The lowest BCUT2D eigenvalue weighted by Crippen LogP contribution is -2.45. The van der Waals surface area contributed by atoms with Gasteiger partial charge in [-0.2, -0.15) is 5.10 Å². The Bertz CT molecular complexity index is 1510. The average Bonchev–Trinajstić information content (AvgIpc) is 3.32. The molecule has 3 aromatic heterocycles. The molecular weight excluding hydrogens is 490 g/mol. The Hall–Kier alpha value is -3.94. The molecule has 1 aliphatic heterocycles. The summed E-state index contributed by atoms with van der Waals surface area (Å²) in [4.78, 5) is 24.8. The van der Waals surface area contributed by atoms with E-state index in [-0.39, 0.29) is 5.97 Å². The molecule has 39 heavy (non-hydrogen) atoms. The molecule has 1 aliphatic rings. The van der Waals surface area contributed by atoms with E-state index in [4.69, 9.17) is 19.4 Å². The molecule has 5 rings (SSSR count). The molecular formula is C31H37N5O3. The first-order valence-corrected chi connectivity index (χ1v) is 13.4. The van der Waals surface area contributed by atoms with Gasteiger partial charge < -0.3 is 14.4 Å². The van der Waals surface area contributed by atoms with Crippen molar-refractivity contribution in [2.24, 2.45) is 5.41 Å². The summed E-state index contributed by atoms with van der Waals surface area (Å²) in [5.41, 5.74) is 6.44. The second-order valence-corrected chi connectivity index (χ2v) is 11.7. The van der Waals surface area contributed by atoms with Crippen molar-refractivity contribution < 1.29 is 14.3 Å². The molecule has 1 saturated heterocycles. The summed E-state index contributed by atoms with van der Waals surface area (Å²) in [6, 6.07) is 12.2. The number of esters is 1. The van der Waals surface area contributed by atoms with Crippen LogP contribution in [0.3, 0.4) is 0 Å². The number of carbonyl (C=O) groups is 1. The number of pyridine rings is 2. The third kappa shape index (κ3) is 5.20. The zero-order valence-electron chi connectivity index (χ0n) is 23.9. The summed E-state index contributed by atoms with van der Waals surface area (Å²) < 4.78 is 11.4. The number of carbonyl (C=O) groups excluding carboxylic acids is 1. The number of ether oxygens (including phenoxy) is 2. The van der Waals surface area contributed by atoms with Crippen LogP contribution in [-0.4, -0.2) is 51.9 Å². The van der Waals surface area contributed by atoms with Gasteiger partial charge in [0.2, 0.25) is 0 Å². The molecule has 1 N–H and O–H groups in total. The van der Waals surface area contributed by atoms with E-state index in [1.165, 1.54) is 11.1 Å². The lowest BCUT2D eigenvalue weighted by atomic mass is 9.80. The van der Waals surface area contributed by atoms with Crippen LogP contribution < -0.4 is 9.64 Å². The maximum absolute atomic E-state index is 12.8. The summed E-state index contributed by atoms with van der Waals surface area (Å²) >= 11 is 0. The lowest BCUT2D eigenvalue weighted by Gasteiger charge is -2.39. The second kappa shape index (κ2) is 9.98. The number of rotatable bonds is 5. The molecule has 0 saturated carbocycles. The van der Waals surface area contributed by atoms with Gasteiger partial charge in [-0.1, -0.05) is 18.2 Å². The van der Waals surface area contributed by atoms with Crippen LogP contribution in [0.15, 0.2) is 42.6 Å². The number of hydrogen-bond acceptors (Lipinski definition) is 7. The van der Waals surface area contributed by atoms with Crippen molar-refractivity contribution in [3.8, 4) is 28.3 Å². The molecule has 1 aromatic carbocycles. The fourth-order valence-corrected chi connectivity index (χ4v) is 5.04. The number of aromatic amines is 1. The number of nitrogens with one attached hydrogen (secondary N) is 1. The largest absolute Gasteiger partial charge is 0.494 e. The topological polar surface area (TPSA) is 93.2 Å². The Morgan fingerprint density at radius 2 is 1.82 bits per heavy atom. The van der Waals surface area contributed by atoms with Crippen molar-refractivity contribution in [3.05, 3.63) is 53.7 Å². The Kier molecular flexibility index (Phi) is 6.83. The highest BCUT2D eigenvalue weighted by Crippen LogP contribution is 2.37. The van der Waals surface area contributed by atoms with Gasteiger partial charge in [0.1, 0.15) is 34.1 Å². The molecule has 0 amide bonds. The summed E-state index contributed by atoms with van der Waals surface area (Å²) in [6.07, 6.45) is 3.29. The standard InChI is InChI=1S/C31H37N5O3/c1-19-9-8-10-22(20(19)2)27-24(38-7)17-23-28(33-27)26(35-34-23)21-11-12-25(32-18-21)36-15-13-31(6,14-16-36)29(37)39-30(3,4)5/h8-12,17-18H,13-16H2,1-7H3,(H,34,35). The average molecular weight is 528 g/mol. The summed E-state index contributed by atoms with van der Waals surface area (Å²) in [7, 11) is 1.66. The van der Waals surface area contributed by atoms with Crippen LogP contribution in [-0.2, 0) is 9.53 Å². The van der Waals surface area contributed by atoms with Gasteiger partial charge in [-0.25, -0.2) is 9.97 Å². The van der Waals surface area contributed by atoms with E-state index in [0.29, 0.717) is 5.75 Å². The minimum absolute atomic E-state index is 0.118. The minimum Gasteiger partial charge on any atom is -0.494 e. The van der Waals surface area contributed by atoms with E-state index < -0.39 is 11.0 Å². The van der Waals surface area contributed by atoms with E-state index in [1.807, 2.05) is 58.2 Å². The molecule has 0 unspecified atom stereocenters. The molecule has 0 bridgehead atoms. The van der Waals surface area contributed by atoms with Gasteiger partial charge in [-0.3, -0.25) is 9.89 Å². The van der Waals surface area contributed by atoms with Crippen molar-refractivity contribution in [1.29, 1.82) is 0 Å². The first-order valence-electron chi connectivity index (χ1n) is 13.4. The van der Waals surface area contributed by atoms with Gasteiger partial charge >= 0.3 is 5.97 Å². The molecule has 0 radical (unpaired) electrons. The lowest BCUT2D eigenvalue weighted by molar-refractivity contribution is -0.167. The quantitative estimate of drug-likeness (QED) is 0.306. The first kappa shape index (κ1) is 26.7. The smallest absolute Gasteiger partial charge is 0.312 e. The number of piperidine rings is 1. The molecule has 204 valence electrons. The Morgan fingerprint density at radius 1 is 1.08 bits per heavy atom. The number of benzene rings is 1. The normalized spacial score (nSPS) is 15.4. The maximum Gasteiger partial charge on any atom is 0.312 e. The zero-order chi connectivity index (χ0) is 27.9. The van der Waals surface area contributed by atoms with Crippen LogP contribution in [0.4, 0.5) is 5.82 Å². The predicted octanol–water partition coefficient (Wildman–Crippen LogP) is 6.26. The van der Waals surface area contributed by atoms with Crippen LogP contribution in [0.5, 0.6) is 5.75 Å². The van der Waals surface area contributed by atoms with Crippen molar-refractivity contribution in [2.75, 3.05) is 25.1 Å². The number of hydrogen-bond donors (Lipinski definition) is 1. The molecule has 8 nitrogen and oxygen atoms in total. The molecule has 1 fully saturated rings. The van der Waals surface area contributed by atoms with Crippen molar-refractivity contribution >= 4 is 22.8 Å². The summed E-state index contributed by atoms with van der Waals surface area (Å²) in [5, 5.41) is 7.68. The van der Waals surface area contributed by atoms with Gasteiger partial charge in [0.05, 0.1) is 18.0 Å². The van der Waals surface area contributed by atoms with Gasteiger partial charge in [0, 0.05) is 36.5 Å². The van der Waals surface area contributed by atoms with Gasteiger partial charge in [-0.15, -0.1) is 0 Å². The molecule has 0 atom stereocenters. The SMILES string of the molecule is COc1cc2[nH]nc(-c3ccc(N4CCC(C)(C(=O)OC(C)(C)C)CC4)nc3)c2nc1-c1cccc(C)c1C. The molecule has 4 aromatic rings. The summed E-state index contributed by atoms with van der Waals surface area (Å²) in [6.45, 7) is 13.4. The van der Waals surface area contributed by atoms with Crippen LogP contribution >= 0.6 is 0 Å². The highest BCUT2D eigenvalue weighted by atomic mass is 16.6. The Labute approximate surface area is 229 Å². The van der Waals surface area contributed by atoms with Crippen LogP contribution in [0.1, 0.15) is 51.7 Å². The van der Waals surface area contributed by atoms with Crippen molar-refractivity contribution in [2.45, 2.75) is 60.0 Å². The third-order valence-electron chi connectivity index (χ3n) is 7.68. The van der Waals surface area contributed by atoms with E-state index >= 15 is 0 Å². The van der Waals surface area contributed by atoms with Crippen LogP contribution in [0.25, 0.3) is 33.5 Å². The summed E-state index contributed by atoms with van der Waals surface area (Å²) in [5.74, 6) is 1.46. The van der Waals surface area contributed by atoms with E-state index in [2.05, 4.69) is 41.1 Å². The fraction of sp³-hybridized carbons (Fsp3) is 0.419. The van der Waals surface area contributed by atoms with Crippen LogP contribution in [0, 0.1) is 19.3 Å². The Morgan fingerprint density at radius 3 is 2.46 bits per heavy atom. The molecule has 4 heterocycles. The number of fused-ring (bicyclic) bond motifs is 1. The number of nitrogens with zero attached hydrogens (tertiary/aromatic N) is 4. The third-order valence-corrected chi connectivity index (χ3v) is 7.68. The minimum atomic E-state index is -0.481. The van der Waals surface area contributed by atoms with E-state index in [9.17, 15) is 4.79 Å². The number of methoxy groups -OCH3 is 1. The molecule has 8 heteroatoms. The van der Waals surface area contributed by atoms with Crippen molar-refractivity contribution in [3.63, 3.8) is 0 Å². The highest BCUT2D eigenvalue weighted by molar-refractivity contribution is 5.93. The van der Waals surface area contributed by atoms with E-state index in [0.717, 1.165) is 65.3 Å². The second-order valence-electron chi connectivity index (χ2n) is 11.7. The number of anilines is 1. The highest BCUT2D eigenvalue weighted by Gasteiger charge is 2.40. The van der Waals surface area contributed by atoms with E-state index in [1.54, 1.807) is 7.11 Å². The van der Waals surface area contributed by atoms with Gasteiger partial charge in [0.15, 0.2) is 0 Å². The molecule has 0 aliphatic carbocycles. The zero-order valence-corrected chi connectivity index (χ0v) is 23.9. The number of aryl methyl sites for hydroxylation is 1. The molecule has 0 spiro atoms. The van der Waals surface area contributed by atoms with Gasteiger partial charge in [-0.05, 0) is 77.6 Å². The Balaban J connectivity index is 1.39. The maximum atomic E-state index is 12.8. The first-order chi connectivity index (χ1) is 18.5.